The maximum atomic E-state index is 5.10. The van der Waals surface area contributed by atoms with Crippen LogP contribution in [0, 0.1) is 0 Å². The van der Waals surface area contributed by atoms with Gasteiger partial charge in [0.05, 0.1) is 16.1 Å². The molecule has 2 N–H and O–H groups in total. The lowest BCUT2D eigenvalue weighted by Crippen LogP contribution is -1.86. The number of rotatable bonds is 2. The van der Waals surface area contributed by atoms with Gasteiger partial charge in [0.2, 0.25) is 0 Å². The molecule has 0 aliphatic rings. The van der Waals surface area contributed by atoms with Crippen LogP contribution >= 0.6 is 22.6 Å². The monoisotopic (exact) mass is 263 g/mol. The SMILES string of the molecule is C=C(I)c1oncc1/N=C\N. The van der Waals surface area contributed by atoms with Crippen LogP contribution in [0.25, 0.3) is 3.58 Å². The molecule has 0 saturated carbocycles. The molecule has 0 aliphatic heterocycles. The number of hydrogen-bond acceptors (Lipinski definition) is 3. The van der Waals surface area contributed by atoms with Gasteiger partial charge in [0.25, 0.3) is 0 Å². The van der Waals surface area contributed by atoms with E-state index in [0.29, 0.717) is 11.4 Å². The van der Waals surface area contributed by atoms with Gasteiger partial charge in [-0.05, 0) is 22.6 Å². The molecule has 0 unspecified atom stereocenters. The molecule has 58 valence electrons. The van der Waals surface area contributed by atoms with Crippen LogP contribution in [0.5, 0.6) is 0 Å². The van der Waals surface area contributed by atoms with Gasteiger partial charge in [-0.15, -0.1) is 0 Å². The lowest BCUT2D eigenvalue weighted by molar-refractivity contribution is 0.413. The van der Waals surface area contributed by atoms with E-state index >= 15 is 0 Å². The number of nitrogens with zero attached hydrogens (tertiary/aromatic N) is 2. The number of nitrogens with two attached hydrogens (primary N) is 1. The zero-order valence-corrected chi connectivity index (χ0v) is 7.78. The average Bonchev–Trinajstić information content (AvgIpc) is 2.36. The maximum Gasteiger partial charge on any atom is 0.197 e. The summed E-state index contributed by atoms with van der Waals surface area (Å²) in [6, 6.07) is 0. The van der Waals surface area contributed by atoms with Gasteiger partial charge in [-0.25, -0.2) is 4.99 Å². The molecule has 0 fully saturated rings. The van der Waals surface area contributed by atoms with Gasteiger partial charge in [-0.3, -0.25) is 0 Å². The summed E-state index contributed by atoms with van der Waals surface area (Å²) in [5.41, 5.74) is 5.70. The number of hydrogen-bond donors (Lipinski definition) is 1. The van der Waals surface area contributed by atoms with Gasteiger partial charge >= 0.3 is 0 Å². The molecule has 0 atom stereocenters. The van der Waals surface area contributed by atoms with E-state index in [1.165, 1.54) is 12.5 Å². The van der Waals surface area contributed by atoms with E-state index in [1.807, 2.05) is 22.6 Å². The average molecular weight is 263 g/mol. The summed E-state index contributed by atoms with van der Waals surface area (Å²) in [5.74, 6) is 0.562. The van der Waals surface area contributed by atoms with Crippen LogP contribution in [0.1, 0.15) is 5.76 Å². The zero-order chi connectivity index (χ0) is 8.27. The molecule has 1 aromatic heterocycles. The zero-order valence-electron chi connectivity index (χ0n) is 5.62. The van der Waals surface area contributed by atoms with Gasteiger partial charge in [-0.2, -0.15) is 0 Å². The molecule has 0 aromatic carbocycles. The largest absolute Gasteiger partial charge is 0.390 e. The van der Waals surface area contributed by atoms with Crippen molar-refractivity contribution >= 4 is 38.2 Å². The first-order valence-electron chi connectivity index (χ1n) is 2.79. The fourth-order valence-corrected chi connectivity index (χ4v) is 0.970. The Kier molecular flexibility index (Phi) is 2.64. The molecule has 5 heteroatoms. The lowest BCUT2D eigenvalue weighted by atomic mass is 10.4. The highest BCUT2D eigenvalue weighted by molar-refractivity contribution is 14.1. The fraction of sp³-hybridized carbons (Fsp3) is 0. The quantitative estimate of drug-likeness (QED) is 0.501. The summed E-state index contributed by atoms with van der Waals surface area (Å²) < 4.78 is 5.60. The fourth-order valence-electron chi connectivity index (χ4n) is 0.595. The van der Waals surface area contributed by atoms with Crippen LogP contribution in [-0.4, -0.2) is 11.5 Å². The third-order valence-electron chi connectivity index (χ3n) is 1.01. The molecule has 0 radical (unpaired) electrons. The summed E-state index contributed by atoms with van der Waals surface area (Å²) in [6.07, 6.45) is 2.68. The van der Waals surface area contributed by atoms with Crippen LogP contribution < -0.4 is 5.73 Å². The summed E-state index contributed by atoms with van der Waals surface area (Å²) in [4.78, 5) is 3.82. The van der Waals surface area contributed by atoms with Crippen molar-refractivity contribution in [1.29, 1.82) is 0 Å². The number of halogens is 1. The Labute approximate surface area is 77.3 Å². The molecule has 0 amide bonds. The number of aromatic nitrogens is 1. The predicted molar refractivity (Wildman–Crippen MR) is 51.9 cm³/mol. The van der Waals surface area contributed by atoms with Crippen LogP contribution in [0.15, 0.2) is 22.3 Å². The normalized spacial score (nSPS) is 10.6. The maximum absolute atomic E-state index is 5.10. The van der Waals surface area contributed by atoms with Gasteiger partial charge in [0, 0.05) is 0 Å². The smallest absolute Gasteiger partial charge is 0.197 e. The third kappa shape index (κ3) is 1.79. The molecule has 0 spiro atoms. The topological polar surface area (TPSA) is 64.4 Å². The van der Waals surface area contributed by atoms with Crippen LogP contribution in [0.3, 0.4) is 0 Å². The van der Waals surface area contributed by atoms with Gasteiger partial charge < -0.3 is 10.3 Å². The van der Waals surface area contributed by atoms with Crippen molar-refractivity contribution in [2.24, 2.45) is 10.7 Å². The first-order chi connectivity index (χ1) is 5.25. The molecule has 0 bridgehead atoms. The van der Waals surface area contributed by atoms with E-state index in [2.05, 4.69) is 16.7 Å². The highest BCUT2D eigenvalue weighted by atomic mass is 127. The Bertz CT molecular complexity index is 292. The molecule has 1 aromatic rings. The Hall–Kier alpha value is -0.850. The molecule has 0 aliphatic carbocycles. The number of aliphatic imine (C=N–C) groups is 1. The second-order valence-corrected chi connectivity index (χ2v) is 3.03. The second-order valence-electron chi connectivity index (χ2n) is 1.72. The molecule has 0 saturated heterocycles. The van der Waals surface area contributed by atoms with Crippen molar-refractivity contribution in [3.05, 3.63) is 18.5 Å². The third-order valence-corrected chi connectivity index (χ3v) is 1.50. The van der Waals surface area contributed by atoms with Gasteiger partial charge in [0.1, 0.15) is 5.69 Å². The summed E-state index contributed by atoms with van der Waals surface area (Å²) in [5, 5.41) is 3.55. The molecule has 11 heavy (non-hydrogen) atoms. The summed E-state index contributed by atoms with van der Waals surface area (Å²) in [6.45, 7) is 3.68. The van der Waals surface area contributed by atoms with Crippen molar-refractivity contribution in [1.82, 2.24) is 5.16 Å². The summed E-state index contributed by atoms with van der Waals surface area (Å²) in [7, 11) is 0. The van der Waals surface area contributed by atoms with Gasteiger partial charge in [-0.1, -0.05) is 11.7 Å². The molecular weight excluding hydrogens is 257 g/mol. The van der Waals surface area contributed by atoms with E-state index < -0.39 is 0 Å². The minimum absolute atomic E-state index is 0.562. The molecule has 4 nitrogen and oxygen atoms in total. The van der Waals surface area contributed by atoms with Crippen molar-refractivity contribution in [2.75, 3.05) is 0 Å². The first kappa shape index (κ1) is 8.25. The van der Waals surface area contributed by atoms with Crippen molar-refractivity contribution in [3.63, 3.8) is 0 Å². The highest BCUT2D eigenvalue weighted by Crippen LogP contribution is 2.28. The highest BCUT2D eigenvalue weighted by Gasteiger charge is 2.07. The Morgan fingerprint density at radius 1 is 1.91 bits per heavy atom. The minimum Gasteiger partial charge on any atom is -0.390 e. The molecule has 1 rings (SSSR count). The van der Waals surface area contributed by atoms with Crippen LogP contribution in [0.2, 0.25) is 0 Å². The van der Waals surface area contributed by atoms with Crippen molar-refractivity contribution in [2.45, 2.75) is 0 Å². The Morgan fingerprint density at radius 3 is 3.18 bits per heavy atom. The van der Waals surface area contributed by atoms with Crippen LogP contribution in [-0.2, 0) is 0 Å². The van der Waals surface area contributed by atoms with Crippen LogP contribution in [0.4, 0.5) is 5.69 Å². The van der Waals surface area contributed by atoms with E-state index in [4.69, 9.17) is 10.3 Å². The van der Waals surface area contributed by atoms with Crippen molar-refractivity contribution < 1.29 is 4.52 Å². The summed E-state index contributed by atoms with van der Waals surface area (Å²) >= 11 is 2.03. The molecule has 1 heterocycles. The Balaban J connectivity index is 3.05. The van der Waals surface area contributed by atoms with E-state index in [1.54, 1.807) is 0 Å². The first-order valence-corrected chi connectivity index (χ1v) is 3.87. The second kappa shape index (κ2) is 3.51. The van der Waals surface area contributed by atoms with Crippen molar-refractivity contribution in [3.8, 4) is 0 Å². The lowest BCUT2D eigenvalue weighted by Gasteiger charge is -1.89. The molecular formula is C6H6IN3O. The van der Waals surface area contributed by atoms with E-state index in [-0.39, 0.29) is 0 Å². The Morgan fingerprint density at radius 2 is 2.64 bits per heavy atom. The van der Waals surface area contributed by atoms with E-state index in [9.17, 15) is 0 Å². The minimum atomic E-state index is 0.562. The van der Waals surface area contributed by atoms with Gasteiger partial charge in [0.15, 0.2) is 5.76 Å². The standard InChI is InChI=1S/C6H6IN3O/c1-4(7)6-5(9-3-8)2-10-11-6/h2-3H,1H2,(H2,8,9). The predicted octanol–water partition coefficient (Wildman–Crippen LogP) is 1.70. The van der Waals surface area contributed by atoms with E-state index in [0.717, 1.165) is 3.58 Å².